The highest BCUT2D eigenvalue weighted by Crippen LogP contribution is 2.13. The quantitative estimate of drug-likeness (QED) is 0.718. The maximum Gasteiger partial charge on any atom is 0.307 e. The van der Waals surface area contributed by atoms with E-state index in [2.05, 4.69) is 9.64 Å². The van der Waals surface area contributed by atoms with Crippen LogP contribution in [-0.4, -0.2) is 31.1 Å². The molecule has 0 spiro atoms. The zero-order chi connectivity index (χ0) is 12.1. The minimum absolute atomic E-state index is 0.154. The second-order valence-corrected chi connectivity index (χ2v) is 4.05. The third kappa shape index (κ3) is 3.38. The largest absolute Gasteiger partial charge is 0.469 e. The highest BCUT2D eigenvalue weighted by molar-refractivity contribution is 5.69. The summed E-state index contributed by atoms with van der Waals surface area (Å²) in [5.74, 6) is 0.750. The fourth-order valence-electron chi connectivity index (χ4n) is 1.48. The summed E-state index contributed by atoms with van der Waals surface area (Å²) in [5.41, 5.74) is 1.15. The van der Waals surface area contributed by atoms with Gasteiger partial charge in [-0.25, -0.2) is 0 Å². The Kier molecular flexibility index (Phi) is 4.55. The monoisotopic (exact) mass is 225 g/mol. The molecule has 0 saturated carbocycles. The molecule has 0 radical (unpaired) electrons. The topological polar surface area (TPSA) is 42.7 Å². The maximum atomic E-state index is 11.1. The van der Waals surface area contributed by atoms with Crippen molar-refractivity contribution in [2.75, 3.05) is 14.2 Å². The van der Waals surface area contributed by atoms with E-state index in [-0.39, 0.29) is 12.0 Å². The van der Waals surface area contributed by atoms with Gasteiger partial charge >= 0.3 is 5.97 Å². The predicted octanol–water partition coefficient (Wildman–Crippen LogP) is 1.97. The number of rotatable bonds is 5. The molecule has 4 nitrogen and oxygen atoms in total. The van der Waals surface area contributed by atoms with Gasteiger partial charge in [0, 0.05) is 18.2 Å². The predicted molar refractivity (Wildman–Crippen MR) is 61.0 cm³/mol. The van der Waals surface area contributed by atoms with Gasteiger partial charge in [0.15, 0.2) is 0 Å². The number of hydrogen-bond acceptors (Lipinski definition) is 4. The van der Waals surface area contributed by atoms with Crippen LogP contribution in [-0.2, 0) is 16.1 Å². The van der Waals surface area contributed by atoms with Crippen LogP contribution in [0.2, 0.25) is 0 Å². The van der Waals surface area contributed by atoms with Gasteiger partial charge in [-0.05, 0) is 27.0 Å². The lowest BCUT2D eigenvalue weighted by Crippen LogP contribution is -2.31. The van der Waals surface area contributed by atoms with Gasteiger partial charge in [-0.2, -0.15) is 0 Å². The molecule has 1 rings (SSSR count). The van der Waals surface area contributed by atoms with E-state index in [1.54, 1.807) is 6.26 Å². The molecule has 0 fully saturated rings. The second kappa shape index (κ2) is 5.70. The van der Waals surface area contributed by atoms with Gasteiger partial charge in [0.25, 0.3) is 0 Å². The van der Waals surface area contributed by atoms with Crippen LogP contribution in [0, 0.1) is 6.92 Å². The molecular weight excluding hydrogens is 206 g/mol. The number of carbonyl (C=O) groups is 1. The average Bonchev–Trinajstić information content (AvgIpc) is 2.64. The third-order valence-corrected chi connectivity index (χ3v) is 2.83. The highest BCUT2D eigenvalue weighted by atomic mass is 16.5. The molecule has 90 valence electrons. The van der Waals surface area contributed by atoms with Gasteiger partial charge in [0.1, 0.15) is 5.76 Å². The summed E-state index contributed by atoms with van der Waals surface area (Å²) in [6.45, 7) is 4.72. The van der Waals surface area contributed by atoms with E-state index >= 15 is 0 Å². The van der Waals surface area contributed by atoms with Crippen LogP contribution in [0.3, 0.4) is 0 Å². The Bertz CT molecular complexity index is 346. The molecule has 0 N–H and O–H groups in total. The molecule has 0 aliphatic rings. The van der Waals surface area contributed by atoms with E-state index in [1.165, 1.54) is 7.11 Å². The summed E-state index contributed by atoms with van der Waals surface area (Å²) in [7, 11) is 3.40. The molecule has 4 heteroatoms. The van der Waals surface area contributed by atoms with Crippen LogP contribution >= 0.6 is 0 Å². The van der Waals surface area contributed by atoms with Gasteiger partial charge in [-0.1, -0.05) is 0 Å². The summed E-state index contributed by atoms with van der Waals surface area (Å²) < 4.78 is 9.87. The number of hydrogen-bond donors (Lipinski definition) is 0. The highest BCUT2D eigenvalue weighted by Gasteiger charge is 2.15. The van der Waals surface area contributed by atoms with E-state index in [9.17, 15) is 4.79 Å². The molecule has 0 aliphatic heterocycles. The number of nitrogens with zero attached hydrogens (tertiary/aromatic N) is 1. The van der Waals surface area contributed by atoms with E-state index in [0.29, 0.717) is 6.42 Å². The summed E-state index contributed by atoms with van der Waals surface area (Å²) in [6, 6.07) is 2.11. The summed E-state index contributed by atoms with van der Waals surface area (Å²) in [6.07, 6.45) is 2.09. The molecule has 0 aliphatic carbocycles. The van der Waals surface area contributed by atoms with E-state index in [1.807, 2.05) is 27.0 Å². The minimum atomic E-state index is -0.178. The van der Waals surface area contributed by atoms with Crippen LogP contribution in [0.25, 0.3) is 0 Å². The first-order valence-corrected chi connectivity index (χ1v) is 5.34. The average molecular weight is 225 g/mol. The zero-order valence-corrected chi connectivity index (χ0v) is 10.3. The Labute approximate surface area is 96.2 Å². The maximum absolute atomic E-state index is 11.1. The van der Waals surface area contributed by atoms with Gasteiger partial charge in [0.05, 0.1) is 19.8 Å². The number of aryl methyl sites for hydroxylation is 1. The van der Waals surface area contributed by atoms with Crippen LogP contribution in [0.5, 0.6) is 0 Å². The number of ether oxygens (including phenoxy) is 1. The van der Waals surface area contributed by atoms with E-state index in [4.69, 9.17) is 4.42 Å². The van der Waals surface area contributed by atoms with Crippen LogP contribution in [0.1, 0.15) is 24.7 Å². The number of methoxy groups -OCH3 is 1. The van der Waals surface area contributed by atoms with Crippen molar-refractivity contribution in [3.63, 3.8) is 0 Å². The van der Waals surface area contributed by atoms with Crippen molar-refractivity contribution in [3.8, 4) is 0 Å². The molecule has 1 aromatic rings. The smallest absolute Gasteiger partial charge is 0.307 e. The van der Waals surface area contributed by atoms with Crippen molar-refractivity contribution in [3.05, 3.63) is 23.7 Å². The Balaban J connectivity index is 2.49. The minimum Gasteiger partial charge on any atom is -0.469 e. The first kappa shape index (κ1) is 12.8. The normalized spacial score (nSPS) is 12.8. The lowest BCUT2D eigenvalue weighted by molar-refractivity contribution is -0.141. The molecule has 0 bridgehead atoms. The van der Waals surface area contributed by atoms with Crippen LogP contribution in [0.15, 0.2) is 16.7 Å². The van der Waals surface area contributed by atoms with Crippen LogP contribution in [0.4, 0.5) is 0 Å². The Morgan fingerprint density at radius 1 is 1.62 bits per heavy atom. The molecule has 1 atom stereocenters. The summed E-state index contributed by atoms with van der Waals surface area (Å²) >= 11 is 0. The number of carbonyl (C=O) groups excluding carboxylic acids is 1. The van der Waals surface area contributed by atoms with Gasteiger partial charge in [-0.15, -0.1) is 0 Å². The van der Waals surface area contributed by atoms with Crippen LogP contribution < -0.4 is 0 Å². The van der Waals surface area contributed by atoms with Crippen molar-refractivity contribution in [1.29, 1.82) is 0 Å². The van der Waals surface area contributed by atoms with Crippen molar-refractivity contribution in [2.45, 2.75) is 32.9 Å². The summed E-state index contributed by atoms with van der Waals surface area (Å²) in [4.78, 5) is 13.2. The SMILES string of the molecule is COC(=O)CC(C)N(C)Cc1ccoc1C. The summed E-state index contributed by atoms with van der Waals surface area (Å²) in [5, 5.41) is 0. The number of esters is 1. The lowest BCUT2D eigenvalue weighted by atomic mass is 10.2. The fourth-order valence-corrected chi connectivity index (χ4v) is 1.48. The van der Waals surface area contributed by atoms with Crippen molar-refractivity contribution >= 4 is 5.97 Å². The Morgan fingerprint density at radius 2 is 2.31 bits per heavy atom. The third-order valence-electron chi connectivity index (χ3n) is 2.83. The van der Waals surface area contributed by atoms with Crippen molar-refractivity contribution in [1.82, 2.24) is 4.90 Å². The standard InChI is InChI=1S/C12H19NO3/c1-9(7-12(14)15-4)13(3)8-11-5-6-16-10(11)2/h5-6,9H,7-8H2,1-4H3. The first-order valence-electron chi connectivity index (χ1n) is 5.34. The Hall–Kier alpha value is -1.29. The van der Waals surface area contributed by atoms with Gasteiger partial charge in [-0.3, -0.25) is 9.69 Å². The van der Waals surface area contributed by atoms with Gasteiger partial charge < -0.3 is 9.15 Å². The Morgan fingerprint density at radius 3 is 2.81 bits per heavy atom. The molecule has 1 unspecified atom stereocenters. The van der Waals surface area contributed by atoms with Crippen molar-refractivity contribution in [2.24, 2.45) is 0 Å². The van der Waals surface area contributed by atoms with Crippen molar-refractivity contribution < 1.29 is 13.9 Å². The second-order valence-electron chi connectivity index (χ2n) is 4.05. The molecular formula is C12H19NO3. The number of furan rings is 1. The molecule has 0 amide bonds. The fraction of sp³-hybridized carbons (Fsp3) is 0.583. The van der Waals surface area contributed by atoms with Gasteiger partial charge in [0.2, 0.25) is 0 Å². The molecule has 0 aromatic carbocycles. The molecule has 1 heterocycles. The van der Waals surface area contributed by atoms with E-state index < -0.39 is 0 Å². The van der Waals surface area contributed by atoms with E-state index in [0.717, 1.165) is 17.9 Å². The molecule has 1 aromatic heterocycles. The lowest BCUT2D eigenvalue weighted by Gasteiger charge is -2.23. The molecule has 16 heavy (non-hydrogen) atoms. The first-order chi connectivity index (χ1) is 7.54. The zero-order valence-electron chi connectivity index (χ0n) is 10.3. The molecule has 0 saturated heterocycles.